The average Bonchev–Trinajstić information content (AvgIpc) is 2.27. The van der Waals surface area contributed by atoms with Crippen molar-refractivity contribution < 1.29 is 0 Å². The highest BCUT2D eigenvalue weighted by atomic mass is 15.0. The summed E-state index contributed by atoms with van der Waals surface area (Å²) in [6, 6.07) is 1.64. The Morgan fingerprint density at radius 2 is 1.50 bits per heavy atom. The first kappa shape index (κ1) is 12.4. The number of hydrogen-bond donors (Lipinski definition) is 1. The molecule has 0 heterocycles. The molecule has 0 aliphatic heterocycles. The Morgan fingerprint density at radius 3 is 2.19 bits per heavy atom. The van der Waals surface area contributed by atoms with E-state index in [2.05, 4.69) is 26.1 Å². The molecule has 0 aromatic heterocycles. The normalized spacial score (nSPS) is 45.6. The Hall–Kier alpha value is -0.0400. The zero-order valence-corrected chi connectivity index (χ0v) is 11.3. The fraction of sp³-hybridized carbons (Fsp3) is 1.00. The van der Waals surface area contributed by atoms with Crippen LogP contribution in [0.2, 0.25) is 0 Å². The van der Waals surface area contributed by atoms with Crippen molar-refractivity contribution in [2.45, 2.75) is 77.8 Å². The largest absolute Gasteiger partial charge is 0.311 e. The summed E-state index contributed by atoms with van der Waals surface area (Å²) in [5.41, 5.74) is 0. The number of hydrogen-bond acceptors (Lipinski definition) is 1. The van der Waals surface area contributed by atoms with Gasteiger partial charge in [-0.1, -0.05) is 33.6 Å². The molecule has 0 saturated heterocycles. The van der Waals surface area contributed by atoms with Gasteiger partial charge < -0.3 is 5.32 Å². The van der Waals surface area contributed by atoms with E-state index in [4.69, 9.17) is 0 Å². The Bertz CT molecular complexity index is 213. The third kappa shape index (κ3) is 3.00. The minimum absolute atomic E-state index is 0.816. The molecule has 2 fully saturated rings. The van der Waals surface area contributed by atoms with Crippen molar-refractivity contribution >= 4 is 0 Å². The Balaban J connectivity index is 1.80. The second kappa shape index (κ2) is 5.53. The topological polar surface area (TPSA) is 12.0 Å². The van der Waals surface area contributed by atoms with E-state index in [0.717, 1.165) is 29.8 Å². The molecule has 1 heteroatoms. The lowest BCUT2D eigenvalue weighted by atomic mass is 9.78. The van der Waals surface area contributed by atoms with Crippen molar-refractivity contribution in [1.82, 2.24) is 5.32 Å². The van der Waals surface area contributed by atoms with Crippen molar-refractivity contribution in [3.8, 4) is 0 Å². The van der Waals surface area contributed by atoms with Crippen LogP contribution in [0.4, 0.5) is 0 Å². The summed E-state index contributed by atoms with van der Waals surface area (Å²) in [5.74, 6) is 2.77. The molecule has 0 spiro atoms. The minimum atomic E-state index is 0.816. The van der Waals surface area contributed by atoms with Gasteiger partial charge in [-0.2, -0.15) is 0 Å². The molecule has 2 aliphatic carbocycles. The van der Waals surface area contributed by atoms with Gasteiger partial charge in [0.1, 0.15) is 0 Å². The number of rotatable bonds is 2. The fourth-order valence-corrected chi connectivity index (χ4v) is 3.57. The summed E-state index contributed by atoms with van der Waals surface area (Å²) in [5, 5.41) is 3.96. The first-order valence-electron chi connectivity index (χ1n) is 7.43. The van der Waals surface area contributed by atoms with Crippen molar-refractivity contribution in [2.75, 3.05) is 0 Å². The minimum Gasteiger partial charge on any atom is -0.311 e. The van der Waals surface area contributed by atoms with E-state index in [0.29, 0.717) is 0 Å². The van der Waals surface area contributed by atoms with Gasteiger partial charge in [-0.15, -0.1) is 0 Å². The average molecular weight is 223 g/mol. The second-order valence-corrected chi connectivity index (χ2v) is 6.50. The lowest BCUT2D eigenvalue weighted by Crippen LogP contribution is -2.46. The summed E-state index contributed by atoms with van der Waals surface area (Å²) < 4.78 is 0. The molecule has 2 aliphatic rings. The maximum Gasteiger partial charge on any atom is 0.00952 e. The third-order valence-electron chi connectivity index (χ3n) is 5.16. The second-order valence-electron chi connectivity index (χ2n) is 6.50. The van der Waals surface area contributed by atoms with Gasteiger partial charge in [0.25, 0.3) is 0 Å². The van der Waals surface area contributed by atoms with Gasteiger partial charge in [0.05, 0.1) is 0 Å². The summed E-state index contributed by atoms with van der Waals surface area (Å²) in [6.07, 6.45) is 10.0. The molecule has 16 heavy (non-hydrogen) atoms. The highest BCUT2D eigenvalue weighted by Crippen LogP contribution is 2.31. The molecule has 0 radical (unpaired) electrons. The van der Waals surface area contributed by atoms with E-state index < -0.39 is 0 Å². The lowest BCUT2D eigenvalue weighted by Gasteiger charge is -2.38. The van der Waals surface area contributed by atoms with Crippen LogP contribution in [0.25, 0.3) is 0 Å². The molecule has 1 nitrogen and oxygen atoms in total. The third-order valence-corrected chi connectivity index (χ3v) is 5.16. The van der Waals surface area contributed by atoms with E-state index in [1.54, 1.807) is 0 Å². The van der Waals surface area contributed by atoms with Gasteiger partial charge in [0.15, 0.2) is 0 Å². The molecule has 1 N–H and O–H groups in total. The van der Waals surface area contributed by atoms with E-state index in [9.17, 15) is 0 Å². The molecular formula is C15H29N. The lowest BCUT2D eigenvalue weighted by molar-refractivity contribution is 0.183. The standard InChI is InChI=1S/C15H29N/c1-11-8-9-14(10-13(11)3)16-15-7-5-4-6-12(15)2/h11-16H,4-10H2,1-3H3. The Kier molecular flexibility index (Phi) is 4.29. The van der Waals surface area contributed by atoms with Gasteiger partial charge in [-0.3, -0.25) is 0 Å². The molecule has 5 atom stereocenters. The smallest absolute Gasteiger partial charge is 0.00952 e. The molecular weight excluding hydrogens is 194 g/mol. The summed E-state index contributed by atoms with van der Waals surface area (Å²) in [7, 11) is 0. The van der Waals surface area contributed by atoms with Crippen LogP contribution in [0.5, 0.6) is 0 Å². The van der Waals surface area contributed by atoms with Crippen LogP contribution in [0, 0.1) is 17.8 Å². The predicted octanol–water partition coefficient (Wildman–Crippen LogP) is 3.98. The zero-order chi connectivity index (χ0) is 11.5. The quantitative estimate of drug-likeness (QED) is 0.746. The van der Waals surface area contributed by atoms with E-state index >= 15 is 0 Å². The van der Waals surface area contributed by atoms with Crippen LogP contribution in [0.15, 0.2) is 0 Å². The van der Waals surface area contributed by atoms with Crippen LogP contribution >= 0.6 is 0 Å². The zero-order valence-electron chi connectivity index (χ0n) is 11.3. The predicted molar refractivity (Wildman–Crippen MR) is 70.5 cm³/mol. The van der Waals surface area contributed by atoms with Gasteiger partial charge in [-0.05, 0) is 49.9 Å². The van der Waals surface area contributed by atoms with Crippen LogP contribution < -0.4 is 5.32 Å². The van der Waals surface area contributed by atoms with Gasteiger partial charge >= 0.3 is 0 Å². The van der Waals surface area contributed by atoms with E-state index in [-0.39, 0.29) is 0 Å². The molecule has 5 unspecified atom stereocenters. The Morgan fingerprint density at radius 1 is 0.750 bits per heavy atom. The summed E-state index contributed by atoms with van der Waals surface area (Å²) in [6.45, 7) is 7.29. The van der Waals surface area contributed by atoms with Gasteiger partial charge in [-0.25, -0.2) is 0 Å². The molecule has 0 aromatic carbocycles. The molecule has 0 aromatic rings. The molecule has 94 valence electrons. The first-order chi connectivity index (χ1) is 7.66. The van der Waals surface area contributed by atoms with Crippen molar-refractivity contribution in [3.63, 3.8) is 0 Å². The molecule has 0 bridgehead atoms. The van der Waals surface area contributed by atoms with Crippen LogP contribution in [0.1, 0.15) is 65.7 Å². The monoisotopic (exact) mass is 223 g/mol. The summed E-state index contributed by atoms with van der Waals surface area (Å²) in [4.78, 5) is 0. The Labute approximate surface area is 101 Å². The van der Waals surface area contributed by atoms with Crippen molar-refractivity contribution in [3.05, 3.63) is 0 Å². The number of nitrogens with one attached hydrogen (secondary N) is 1. The van der Waals surface area contributed by atoms with Crippen LogP contribution in [-0.2, 0) is 0 Å². The van der Waals surface area contributed by atoms with Crippen molar-refractivity contribution in [1.29, 1.82) is 0 Å². The summed E-state index contributed by atoms with van der Waals surface area (Å²) >= 11 is 0. The maximum atomic E-state index is 3.96. The first-order valence-corrected chi connectivity index (χ1v) is 7.43. The van der Waals surface area contributed by atoms with Gasteiger partial charge in [0.2, 0.25) is 0 Å². The maximum absolute atomic E-state index is 3.96. The molecule has 2 saturated carbocycles. The van der Waals surface area contributed by atoms with Gasteiger partial charge in [0, 0.05) is 12.1 Å². The van der Waals surface area contributed by atoms with E-state index in [1.807, 2.05) is 0 Å². The highest BCUT2D eigenvalue weighted by molar-refractivity contribution is 4.85. The van der Waals surface area contributed by atoms with E-state index in [1.165, 1.54) is 44.9 Å². The van der Waals surface area contributed by atoms with Crippen LogP contribution in [0.3, 0.4) is 0 Å². The highest BCUT2D eigenvalue weighted by Gasteiger charge is 2.28. The van der Waals surface area contributed by atoms with Crippen molar-refractivity contribution in [2.24, 2.45) is 17.8 Å². The van der Waals surface area contributed by atoms with Crippen LogP contribution in [-0.4, -0.2) is 12.1 Å². The molecule has 0 amide bonds. The SMILES string of the molecule is CC1CCC(NC2CCCCC2C)CC1C. The molecule has 2 rings (SSSR count). The fourth-order valence-electron chi connectivity index (χ4n) is 3.57.